The normalized spacial score (nSPS) is 10.8. The molecule has 6 heteroatoms. The van der Waals surface area contributed by atoms with E-state index in [4.69, 9.17) is 0 Å². The molecule has 0 aliphatic rings. The maximum absolute atomic E-state index is 12.5. The van der Waals surface area contributed by atoms with Gasteiger partial charge in [0.15, 0.2) is 0 Å². The first-order valence-electron chi connectivity index (χ1n) is 9.59. The lowest BCUT2D eigenvalue weighted by atomic mass is 10.1. The van der Waals surface area contributed by atoms with Crippen LogP contribution in [-0.4, -0.2) is 39.6 Å². The topological polar surface area (TPSA) is 67.2 Å². The summed E-state index contributed by atoms with van der Waals surface area (Å²) < 4.78 is 1.75. The van der Waals surface area contributed by atoms with Crippen molar-refractivity contribution in [3.8, 4) is 5.69 Å². The summed E-state index contributed by atoms with van der Waals surface area (Å²) in [5.74, 6) is -0.320. The van der Waals surface area contributed by atoms with Crippen LogP contribution in [0.3, 0.4) is 0 Å². The molecule has 0 aliphatic heterocycles. The Hall–Kier alpha value is -3.67. The number of hydrogen-bond acceptors (Lipinski definition) is 3. The summed E-state index contributed by atoms with van der Waals surface area (Å²) in [6.45, 7) is 5.17. The number of rotatable bonds is 7. The highest BCUT2D eigenvalue weighted by atomic mass is 16.2. The van der Waals surface area contributed by atoms with Crippen molar-refractivity contribution >= 4 is 23.6 Å². The molecule has 3 rings (SSSR count). The molecule has 148 valence electrons. The van der Waals surface area contributed by atoms with Crippen molar-refractivity contribution in [3.05, 3.63) is 84.2 Å². The molecule has 0 saturated heterocycles. The summed E-state index contributed by atoms with van der Waals surface area (Å²) >= 11 is 0. The summed E-state index contributed by atoms with van der Waals surface area (Å²) in [6, 6.07) is 16.7. The minimum Gasteiger partial charge on any atom is -0.339 e. The van der Waals surface area contributed by atoms with E-state index in [2.05, 4.69) is 10.4 Å². The van der Waals surface area contributed by atoms with Gasteiger partial charge in [-0.3, -0.25) is 9.59 Å². The zero-order valence-electron chi connectivity index (χ0n) is 16.6. The van der Waals surface area contributed by atoms with Gasteiger partial charge in [0.2, 0.25) is 5.91 Å². The van der Waals surface area contributed by atoms with Crippen LogP contribution in [0.1, 0.15) is 29.8 Å². The maximum Gasteiger partial charge on any atom is 0.253 e. The molecule has 0 radical (unpaired) electrons. The number of carbonyl (C=O) groups excluding carboxylic acids is 2. The van der Waals surface area contributed by atoms with E-state index in [1.54, 1.807) is 46.1 Å². The van der Waals surface area contributed by atoms with Gasteiger partial charge >= 0.3 is 0 Å². The van der Waals surface area contributed by atoms with Gasteiger partial charge < -0.3 is 10.2 Å². The SMILES string of the molecule is CCN(CC)C(=O)c1cccc(NC(=O)C=Cc2cnn(-c3ccccc3)c2)c1. The number of hydrogen-bond donors (Lipinski definition) is 1. The Bertz CT molecular complexity index is 1000. The lowest BCUT2D eigenvalue weighted by Crippen LogP contribution is -2.30. The number of para-hydroxylation sites is 1. The lowest BCUT2D eigenvalue weighted by Gasteiger charge is -2.18. The van der Waals surface area contributed by atoms with Crippen LogP contribution in [0.4, 0.5) is 5.69 Å². The highest BCUT2D eigenvalue weighted by Crippen LogP contribution is 2.14. The zero-order chi connectivity index (χ0) is 20.6. The number of carbonyl (C=O) groups is 2. The van der Waals surface area contributed by atoms with Crippen LogP contribution in [0.2, 0.25) is 0 Å². The van der Waals surface area contributed by atoms with Crippen molar-refractivity contribution in [2.75, 3.05) is 18.4 Å². The van der Waals surface area contributed by atoms with Crippen LogP contribution < -0.4 is 5.32 Å². The molecule has 0 spiro atoms. The monoisotopic (exact) mass is 388 g/mol. The maximum atomic E-state index is 12.5. The third-order valence-corrected chi connectivity index (χ3v) is 4.48. The molecular weight excluding hydrogens is 364 g/mol. The summed E-state index contributed by atoms with van der Waals surface area (Å²) in [4.78, 5) is 26.5. The second kappa shape index (κ2) is 9.50. The van der Waals surface area contributed by atoms with Gasteiger partial charge in [-0.15, -0.1) is 0 Å². The minimum absolute atomic E-state index is 0.0463. The van der Waals surface area contributed by atoms with Gasteiger partial charge in [-0.05, 0) is 50.3 Å². The van der Waals surface area contributed by atoms with E-state index in [0.29, 0.717) is 24.3 Å². The fraction of sp³-hybridized carbons (Fsp3) is 0.174. The largest absolute Gasteiger partial charge is 0.339 e. The predicted octanol–water partition coefficient (Wildman–Crippen LogP) is 4.01. The quantitative estimate of drug-likeness (QED) is 0.622. The Balaban J connectivity index is 1.65. The summed E-state index contributed by atoms with van der Waals surface area (Å²) in [6.07, 6.45) is 6.69. The molecule has 0 fully saturated rings. The number of anilines is 1. The summed E-state index contributed by atoms with van der Waals surface area (Å²) in [7, 11) is 0. The fourth-order valence-electron chi connectivity index (χ4n) is 2.92. The predicted molar refractivity (Wildman–Crippen MR) is 115 cm³/mol. The standard InChI is InChI=1S/C23H24N4O2/c1-3-26(4-2)23(29)19-9-8-10-20(15-19)25-22(28)14-13-18-16-24-27(17-18)21-11-6-5-7-12-21/h5-17H,3-4H2,1-2H3,(H,25,28). The second-order valence-corrected chi connectivity index (χ2v) is 6.43. The smallest absolute Gasteiger partial charge is 0.253 e. The van der Waals surface area contributed by atoms with Gasteiger partial charge in [0, 0.05) is 42.2 Å². The van der Waals surface area contributed by atoms with Crippen molar-refractivity contribution in [1.29, 1.82) is 0 Å². The molecule has 6 nitrogen and oxygen atoms in total. The molecule has 0 aliphatic carbocycles. The van der Waals surface area contributed by atoms with Crippen LogP contribution in [0, 0.1) is 0 Å². The molecule has 3 aromatic rings. The Labute approximate surface area is 170 Å². The molecule has 2 amide bonds. The lowest BCUT2D eigenvalue weighted by molar-refractivity contribution is -0.111. The van der Waals surface area contributed by atoms with Crippen LogP contribution in [-0.2, 0) is 4.79 Å². The van der Waals surface area contributed by atoms with Gasteiger partial charge in [-0.1, -0.05) is 24.3 Å². The summed E-state index contributed by atoms with van der Waals surface area (Å²) in [5, 5.41) is 7.10. The van der Waals surface area contributed by atoms with E-state index >= 15 is 0 Å². The molecular formula is C23H24N4O2. The van der Waals surface area contributed by atoms with Crippen LogP contribution in [0.25, 0.3) is 11.8 Å². The third kappa shape index (κ3) is 5.19. The molecule has 29 heavy (non-hydrogen) atoms. The second-order valence-electron chi connectivity index (χ2n) is 6.43. The van der Waals surface area contributed by atoms with Crippen molar-refractivity contribution < 1.29 is 9.59 Å². The van der Waals surface area contributed by atoms with Gasteiger partial charge in [-0.2, -0.15) is 5.10 Å². The first kappa shape index (κ1) is 20.1. The van der Waals surface area contributed by atoms with Crippen molar-refractivity contribution in [2.24, 2.45) is 0 Å². The number of amides is 2. The molecule has 0 bridgehead atoms. The third-order valence-electron chi connectivity index (χ3n) is 4.48. The Morgan fingerprint density at radius 1 is 1.07 bits per heavy atom. The van der Waals surface area contributed by atoms with Crippen molar-refractivity contribution in [2.45, 2.75) is 13.8 Å². The van der Waals surface area contributed by atoms with Gasteiger partial charge in [-0.25, -0.2) is 4.68 Å². The Morgan fingerprint density at radius 2 is 1.83 bits per heavy atom. The number of benzene rings is 2. The highest BCUT2D eigenvalue weighted by molar-refractivity contribution is 6.03. The Morgan fingerprint density at radius 3 is 2.55 bits per heavy atom. The molecule has 0 saturated carbocycles. The zero-order valence-corrected chi connectivity index (χ0v) is 16.6. The van der Waals surface area contributed by atoms with Crippen LogP contribution >= 0.6 is 0 Å². The van der Waals surface area contributed by atoms with Crippen molar-refractivity contribution in [1.82, 2.24) is 14.7 Å². The van der Waals surface area contributed by atoms with Gasteiger partial charge in [0.25, 0.3) is 5.91 Å². The number of nitrogens with zero attached hydrogens (tertiary/aromatic N) is 3. The van der Waals surface area contributed by atoms with E-state index in [1.807, 2.05) is 50.4 Å². The Kier molecular flexibility index (Phi) is 6.58. The van der Waals surface area contributed by atoms with Gasteiger partial charge in [0.1, 0.15) is 0 Å². The number of nitrogens with one attached hydrogen (secondary N) is 1. The van der Waals surface area contributed by atoms with E-state index < -0.39 is 0 Å². The van der Waals surface area contributed by atoms with Crippen LogP contribution in [0.5, 0.6) is 0 Å². The average molecular weight is 388 g/mol. The number of aromatic nitrogens is 2. The van der Waals surface area contributed by atoms with Crippen molar-refractivity contribution in [3.63, 3.8) is 0 Å². The fourth-order valence-corrected chi connectivity index (χ4v) is 2.92. The van der Waals surface area contributed by atoms with Gasteiger partial charge in [0.05, 0.1) is 11.9 Å². The average Bonchev–Trinajstić information content (AvgIpc) is 3.23. The first-order chi connectivity index (χ1) is 14.1. The highest BCUT2D eigenvalue weighted by Gasteiger charge is 2.12. The molecule has 2 aromatic carbocycles. The molecule has 1 aromatic heterocycles. The minimum atomic E-state index is -0.273. The van der Waals surface area contributed by atoms with Crippen LogP contribution in [0.15, 0.2) is 73.1 Å². The van der Waals surface area contributed by atoms with E-state index in [1.165, 1.54) is 6.08 Å². The summed E-state index contributed by atoms with van der Waals surface area (Å²) in [5.41, 5.74) is 2.90. The molecule has 1 N–H and O–H groups in total. The van der Waals surface area contributed by atoms with E-state index in [0.717, 1.165) is 11.3 Å². The molecule has 0 unspecified atom stereocenters. The van der Waals surface area contributed by atoms with E-state index in [9.17, 15) is 9.59 Å². The van der Waals surface area contributed by atoms with E-state index in [-0.39, 0.29) is 11.8 Å². The first-order valence-corrected chi connectivity index (χ1v) is 9.59. The molecule has 1 heterocycles. The molecule has 0 atom stereocenters.